The van der Waals surface area contributed by atoms with E-state index in [1.165, 1.54) is 12.1 Å². The van der Waals surface area contributed by atoms with Crippen molar-refractivity contribution in [3.05, 3.63) is 105 Å². The molecule has 3 aromatic heterocycles. The quantitative estimate of drug-likeness (QED) is 0.110. The van der Waals surface area contributed by atoms with Crippen molar-refractivity contribution in [2.24, 2.45) is 0 Å². The van der Waals surface area contributed by atoms with Crippen molar-refractivity contribution < 1.29 is 163 Å². The Kier molecular flexibility index (Phi) is 16.5. The van der Waals surface area contributed by atoms with Gasteiger partial charge in [0.2, 0.25) is 0 Å². The van der Waals surface area contributed by atoms with Crippen LogP contribution in [-0.2, 0) is 35.5 Å². The summed E-state index contributed by atoms with van der Waals surface area (Å²) in [6.45, 7) is 0.603. The molecule has 45 heavy (non-hydrogen) atoms. The fourth-order valence-electron chi connectivity index (χ4n) is 5.18. The van der Waals surface area contributed by atoms with Crippen LogP contribution in [0, 0.1) is 11.6 Å². The van der Waals surface area contributed by atoms with E-state index in [1.54, 1.807) is 24.3 Å². The summed E-state index contributed by atoms with van der Waals surface area (Å²) in [5.74, 6) is 0.0521. The number of alkyl halides is 1. The van der Waals surface area contributed by atoms with Gasteiger partial charge in [0.15, 0.2) is 10.3 Å². The van der Waals surface area contributed by atoms with Gasteiger partial charge >= 0.3 is 138 Å². The minimum Gasteiger partial charge on any atom is -1.00 e. The summed E-state index contributed by atoms with van der Waals surface area (Å²) in [4.78, 5) is 11.2. The van der Waals surface area contributed by atoms with Crippen LogP contribution in [0.25, 0.3) is 33.8 Å². The molecule has 0 saturated heterocycles. The normalized spacial score (nSPS) is 12.0. The molecule has 1 aliphatic heterocycles. The number of carbonyl (C=O) groups is 1. The molecule has 0 bridgehead atoms. The Labute approximate surface area is 391 Å². The van der Waals surface area contributed by atoms with Crippen LogP contribution in [0.3, 0.4) is 0 Å². The molecule has 5 aromatic rings. The van der Waals surface area contributed by atoms with Crippen molar-refractivity contribution in [2.75, 3.05) is 5.88 Å². The first kappa shape index (κ1) is 39.6. The van der Waals surface area contributed by atoms with Crippen LogP contribution in [0.4, 0.5) is 8.78 Å². The second kappa shape index (κ2) is 18.8. The Balaban J connectivity index is 0.000000271. The fraction of sp³-hybridized carbons (Fsp3) is 0.167. The molecule has 8 nitrogen and oxygen atoms in total. The number of aryl methyl sites for hydroxylation is 3. The number of hydrogen-bond donors (Lipinski definition) is 0. The molecule has 15 heteroatoms. The number of rotatable bonds is 4. The molecule has 2 aliphatic rings. The van der Waals surface area contributed by atoms with Crippen molar-refractivity contribution in [1.82, 2.24) is 25.0 Å². The van der Waals surface area contributed by atoms with E-state index in [1.807, 2.05) is 24.3 Å². The third-order valence-electron chi connectivity index (χ3n) is 6.98. The summed E-state index contributed by atoms with van der Waals surface area (Å²) in [5.41, 5.74) is 8.05. The van der Waals surface area contributed by atoms with E-state index in [4.69, 9.17) is 44.9 Å². The van der Waals surface area contributed by atoms with Gasteiger partial charge in [-0.2, -0.15) is 10.2 Å². The Morgan fingerprint density at radius 3 is 2.31 bits per heavy atom. The first-order valence-electron chi connectivity index (χ1n) is 12.9. The topological polar surface area (TPSA) is 106 Å². The van der Waals surface area contributed by atoms with E-state index in [2.05, 4.69) is 29.8 Å². The molecule has 0 saturated carbocycles. The third-order valence-corrected chi connectivity index (χ3v) is 7.54. The molecule has 7 rings (SSSR count). The third kappa shape index (κ3) is 9.44. The molecule has 1 aliphatic carbocycles. The standard InChI is InChI=1S/C15H11Cl2FN2.C14H9ClFN3.CH2O3.2Cs.H/c16-5-4-14-12(8-15(17)20-19-14)10-6-9-2-1-3-13(18)11(9)7-10;15-14-7-9-11(17-18-14)4-5-19-12-3-1-2-10(16)8(12)6-13(9)19;2-1-4-3;;;/h1-3,7-8H,4-6H2;1-3,6-7H,4-5H2;1,3H;;;/q;;;2*+1;-1/p-1. The maximum absolute atomic E-state index is 13.9. The minimum absolute atomic E-state index is 0. The number of carbonyl (C=O) groups excluding carboxylic acids is 1. The first-order valence-corrected chi connectivity index (χ1v) is 14.2. The molecule has 0 N–H and O–H groups in total. The second-order valence-electron chi connectivity index (χ2n) is 9.45. The number of fused-ring (bicyclic) bond motifs is 6. The largest absolute Gasteiger partial charge is 1.00 e. The van der Waals surface area contributed by atoms with Gasteiger partial charge in [-0.25, -0.2) is 8.78 Å². The number of nitrogens with zero attached hydrogens (tertiary/aromatic N) is 5. The van der Waals surface area contributed by atoms with Crippen LogP contribution in [0.2, 0.25) is 10.3 Å². The Morgan fingerprint density at radius 2 is 1.62 bits per heavy atom. The molecular formula is C30H22Cl3Cs2F2N5O3. The smallest absolute Gasteiger partial charge is 1.00 e. The van der Waals surface area contributed by atoms with Crippen molar-refractivity contribution in [1.29, 1.82) is 0 Å². The molecule has 0 fully saturated rings. The van der Waals surface area contributed by atoms with Gasteiger partial charge in [0.25, 0.3) is 6.47 Å². The summed E-state index contributed by atoms with van der Waals surface area (Å²) in [7, 11) is 0. The van der Waals surface area contributed by atoms with E-state index >= 15 is 0 Å². The van der Waals surface area contributed by atoms with Crippen molar-refractivity contribution in [2.45, 2.75) is 25.8 Å². The Hall–Kier alpha value is 0.144. The SMILES string of the molecule is Fc1cccc2c1C=C(c1cc(Cl)nnc1CCCl)C2.Fc1cccc2c1cc1n2CCc2nnc(Cl)cc2-1.O=CO[O-].[Cs+].[Cs+].[H-]. The maximum Gasteiger partial charge on any atom is 1.00 e. The van der Waals surface area contributed by atoms with Gasteiger partial charge in [-0.15, -0.1) is 21.8 Å². The zero-order chi connectivity index (χ0) is 30.5. The number of allylic oxidation sites excluding steroid dienone is 1. The molecule has 0 amide bonds. The Morgan fingerprint density at radius 1 is 0.956 bits per heavy atom. The van der Waals surface area contributed by atoms with E-state index in [-0.39, 0.29) is 157 Å². The molecule has 0 spiro atoms. The molecule has 0 radical (unpaired) electrons. The van der Waals surface area contributed by atoms with Crippen molar-refractivity contribution in [3.63, 3.8) is 0 Å². The monoisotopic (exact) mass is 909 g/mol. The Bertz CT molecular complexity index is 1870. The minimum atomic E-state index is -0.204. The predicted molar refractivity (Wildman–Crippen MR) is 159 cm³/mol. The van der Waals surface area contributed by atoms with E-state index in [0.717, 1.165) is 57.8 Å². The zero-order valence-electron chi connectivity index (χ0n) is 25.2. The van der Waals surface area contributed by atoms with Crippen LogP contribution < -0.4 is 143 Å². The average molecular weight is 911 g/mol. The number of hydrogen-bond acceptors (Lipinski definition) is 7. The molecule has 222 valence electrons. The average Bonchev–Trinajstić information content (AvgIpc) is 3.63. The zero-order valence-corrected chi connectivity index (χ0v) is 39.1. The summed E-state index contributed by atoms with van der Waals surface area (Å²) < 4.78 is 29.8. The summed E-state index contributed by atoms with van der Waals surface area (Å²) >= 11 is 17.6. The number of halogens is 5. The van der Waals surface area contributed by atoms with Crippen LogP contribution in [0.15, 0.2) is 54.6 Å². The van der Waals surface area contributed by atoms with Gasteiger partial charge in [-0.05, 0) is 60.0 Å². The predicted octanol–water partition coefficient (Wildman–Crippen LogP) is 0.149. The van der Waals surface area contributed by atoms with Gasteiger partial charge in [0, 0.05) is 47.3 Å². The molecule has 2 aromatic carbocycles. The van der Waals surface area contributed by atoms with E-state index in [0.29, 0.717) is 40.0 Å². The first-order chi connectivity index (χ1) is 20.8. The van der Waals surface area contributed by atoms with Crippen LogP contribution in [0.1, 0.15) is 29.5 Å². The summed E-state index contributed by atoms with van der Waals surface area (Å²) in [6, 6.07) is 15.7. The van der Waals surface area contributed by atoms with Crippen LogP contribution in [0.5, 0.6) is 0 Å². The summed E-state index contributed by atoms with van der Waals surface area (Å²) in [6.07, 6.45) is 3.92. The molecule has 4 heterocycles. The van der Waals surface area contributed by atoms with Crippen LogP contribution >= 0.6 is 34.8 Å². The number of benzene rings is 2. The van der Waals surface area contributed by atoms with E-state index < -0.39 is 0 Å². The maximum atomic E-state index is 13.9. The summed E-state index contributed by atoms with van der Waals surface area (Å²) in [5, 5.41) is 25.7. The van der Waals surface area contributed by atoms with Gasteiger partial charge in [-0.3, -0.25) is 4.79 Å². The van der Waals surface area contributed by atoms with Gasteiger partial charge in [-0.1, -0.05) is 41.4 Å². The van der Waals surface area contributed by atoms with Crippen molar-refractivity contribution >= 4 is 63.8 Å². The van der Waals surface area contributed by atoms with Gasteiger partial charge < -0.3 is 16.1 Å². The van der Waals surface area contributed by atoms with Crippen molar-refractivity contribution in [3.8, 4) is 11.3 Å². The van der Waals surface area contributed by atoms with Gasteiger partial charge in [0.05, 0.1) is 22.6 Å². The molecule has 0 atom stereocenters. The number of aromatic nitrogens is 5. The second-order valence-corrected chi connectivity index (χ2v) is 10.6. The molecular weight excluding hydrogens is 889 g/mol. The van der Waals surface area contributed by atoms with Gasteiger partial charge in [0.1, 0.15) is 11.6 Å². The van der Waals surface area contributed by atoms with Crippen LogP contribution in [-0.4, -0.2) is 37.3 Å². The molecule has 0 unspecified atom stereocenters. The fourth-order valence-corrected chi connectivity index (χ4v) is 5.65. The van der Waals surface area contributed by atoms with E-state index in [9.17, 15) is 8.78 Å².